The highest BCUT2D eigenvalue weighted by molar-refractivity contribution is 7.71. The Labute approximate surface area is 90.5 Å². The number of aromatic nitrogens is 3. The lowest BCUT2D eigenvalue weighted by Crippen LogP contribution is -2.20. The van der Waals surface area contributed by atoms with Gasteiger partial charge in [0, 0.05) is 13.5 Å². The van der Waals surface area contributed by atoms with Gasteiger partial charge in [-0.25, -0.2) is 4.98 Å². The van der Waals surface area contributed by atoms with Crippen molar-refractivity contribution in [2.75, 3.05) is 0 Å². The van der Waals surface area contributed by atoms with E-state index in [1.54, 1.807) is 4.68 Å². The molecular formula is C10H19N3S. The molecule has 1 rings (SSSR count). The Hall–Kier alpha value is -0.640. The molecule has 1 aromatic rings. The van der Waals surface area contributed by atoms with Crippen LogP contribution in [0.3, 0.4) is 0 Å². The van der Waals surface area contributed by atoms with Gasteiger partial charge in [0.25, 0.3) is 0 Å². The van der Waals surface area contributed by atoms with Gasteiger partial charge in [0.2, 0.25) is 4.77 Å². The van der Waals surface area contributed by atoms with Crippen LogP contribution in [-0.2, 0) is 13.5 Å². The molecule has 0 saturated carbocycles. The van der Waals surface area contributed by atoms with Gasteiger partial charge in [-0.3, -0.25) is 9.78 Å². The maximum atomic E-state index is 5.04. The number of aryl methyl sites for hydroxylation is 1. The van der Waals surface area contributed by atoms with Crippen molar-refractivity contribution in [3.8, 4) is 0 Å². The molecule has 1 N–H and O–H groups in total. The lowest BCUT2D eigenvalue weighted by Gasteiger charge is -2.26. The maximum Gasteiger partial charge on any atom is 0.215 e. The van der Waals surface area contributed by atoms with Crippen LogP contribution < -0.4 is 0 Å². The van der Waals surface area contributed by atoms with Crippen LogP contribution in [0.4, 0.5) is 0 Å². The molecule has 1 atom stereocenters. The fraction of sp³-hybridized carbons (Fsp3) is 0.800. The maximum absolute atomic E-state index is 5.04. The summed E-state index contributed by atoms with van der Waals surface area (Å²) in [6.07, 6.45) is 0.952. The molecule has 0 aliphatic carbocycles. The van der Waals surface area contributed by atoms with Crippen LogP contribution in [0, 0.1) is 16.1 Å². The second-order valence-electron chi connectivity index (χ2n) is 4.98. The predicted octanol–water partition coefficient (Wildman–Crippen LogP) is 2.70. The van der Waals surface area contributed by atoms with Crippen molar-refractivity contribution in [2.24, 2.45) is 18.4 Å². The standard InChI is InChI=1S/C10H19N3S/c1-7(10(2,3)4)6-8-11-9(14)13(5)12-8/h7H,6H2,1-5H3,(H,11,12,14). The Morgan fingerprint density at radius 3 is 2.43 bits per heavy atom. The first-order chi connectivity index (χ1) is 6.30. The van der Waals surface area contributed by atoms with E-state index in [0.29, 0.717) is 16.1 Å². The van der Waals surface area contributed by atoms with Crippen molar-refractivity contribution in [2.45, 2.75) is 34.1 Å². The van der Waals surface area contributed by atoms with Gasteiger partial charge in [-0.05, 0) is 23.6 Å². The van der Waals surface area contributed by atoms with Gasteiger partial charge in [0.05, 0.1) is 0 Å². The fourth-order valence-electron chi connectivity index (χ4n) is 1.14. The smallest absolute Gasteiger partial charge is 0.215 e. The van der Waals surface area contributed by atoms with Gasteiger partial charge in [-0.2, -0.15) is 0 Å². The van der Waals surface area contributed by atoms with Crippen LogP contribution in [0.2, 0.25) is 0 Å². The third kappa shape index (κ3) is 2.67. The highest BCUT2D eigenvalue weighted by atomic mass is 32.1. The molecule has 4 heteroatoms. The Morgan fingerprint density at radius 1 is 1.50 bits per heavy atom. The molecule has 1 unspecified atom stereocenters. The number of aromatic amines is 1. The molecule has 0 aliphatic heterocycles. The third-order valence-corrected chi connectivity index (χ3v) is 3.16. The minimum atomic E-state index is 0.312. The summed E-state index contributed by atoms with van der Waals surface area (Å²) in [4.78, 5) is 4.29. The van der Waals surface area contributed by atoms with Gasteiger partial charge in [0.1, 0.15) is 5.82 Å². The summed E-state index contributed by atoms with van der Waals surface area (Å²) >= 11 is 5.04. The van der Waals surface area contributed by atoms with E-state index in [4.69, 9.17) is 12.2 Å². The molecule has 1 heterocycles. The van der Waals surface area contributed by atoms with Gasteiger partial charge >= 0.3 is 0 Å². The van der Waals surface area contributed by atoms with E-state index < -0.39 is 0 Å². The van der Waals surface area contributed by atoms with Crippen LogP contribution in [0.25, 0.3) is 0 Å². The van der Waals surface area contributed by atoms with Gasteiger partial charge in [-0.15, -0.1) is 0 Å². The Balaban J connectivity index is 2.75. The molecule has 0 aliphatic rings. The molecule has 14 heavy (non-hydrogen) atoms. The number of hydrogen-bond donors (Lipinski definition) is 1. The third-order valence-electron chi connectivity index (χ3n) is 2.79. The average Bonchev–Trinajstić information content (AvgIpc) is 2.29. The minimum Gasteiger partial charge on any atom is -0.283 e. The Morgan fingerprint density at radius 2 is 2.07 bits per heavy atom. The van der Waals surface area contributed by atoms with Gasteiger partial charge in [-0.1, -0.05) is 27.7 Å². The SMILES string of the molecule is CC(Cc1nc(=S)n(C)[nH]1)C(C)(C)C. The molecule has 0 saturated heterocycles. The molecular weight excluding hydrogens is 194 g/mol. The van der Waals surface area contributed by atoms with Gasteiger partial charge < -0.3 is 0 Å². The van der Waals surface area contributed by atoms with Crippen molar-refractivity contribution in [1.29, 1.82) is 0 Å². The number of nitrogens with zero attached hydrogens (tertiary/aromatic N) is 2. The Bertz CT molecular complexity index is 356. The van der Waals surface area contributed by atoms with E-state index in [2.05, 4.69) is 37.8 Å². The lowest BCUT2D eigenvalue weighted by molar-refractivity contribution is 0.256. The number of rotatable bonds is 2. The van der Waals surface area contributed by atoms with Crippen LogP contribution in [-0.4, -0.2) is 14.8 Å². The van der Waals surface area contributed by atoms with Crippen molar-refractivity contribution in [1.82, 2.24) is 14.8 Å². The molecule has 0 bridgehead atoms. The topological polar surface area (TPSA) is 33.6 Å². The summed E-state index contributed by atoms with van der Waals surface area (Å²) in [5.41, 5.74) is 0.312. The average molecular weight is 213 g/mol. The quantitative estimate of drug-likeness (QED) is 0.766. The highest BCUT2D eigenvalue weighted by Gasteiger charge is 2.21. The first-order valence-corrected chi connectivity index (χ1v) is 5.33. The molecule has 80 valence electrons. The van der Waals surface area contributed by atoms with Crippen LogP contribution in [0.1, 0.15) is 33.5 Å². The zero-order valence-corrected chi connectivity index (χ0v) is 10.4. The molecule has 0 fully saturated rings. The van der Waals surface area contributed by atoms with Crippen LogP contribution in [0.15, 0.2) is 0 Å². The first kappa shape index (κ1) is 11.4. The summed E-state index contributed by atoms with van der Waals surface area (Å²) < 4.78 is 2.40. The number of H-pyrrole nitrogens is 1. The Kier molecular flexibility index (Phi) is 3.14. The van der Waals surface area contributed by atoms with E-state index in [-0.39, 0.29) is 0 Å². The molecule has 0 aromatic carbocycles. The summed E-state index contributed by atoms with van der Waals surface area (Å²) in [5.74, 6) is 1.57. The van der Waals surface area contributed by atoms with Crippen LogP contribution in [0.5, 0.6) is 0 Å². The summed E-state index contributed by atoms with van der Waals surface area (Å²) in [7, 11) is 1.89. The lowest BCUT2D eigenvalue weighted by atomic mass is 9.80. The largest absolute Gasteiger partial charge is 0.283 e. The summed E-state index contributed by atoms with van der Waals surface area (Å²) in [5, 5.41) is 3.15. The van der Waals surface area contributed by atoms with Crippen molar-refractivity contribution < 1.29 is 0 Å². The van der Waals surface area contributed by atoms with Gasteiger partial charge in [0.15, 0.2) is 0 Å². The molecule has 0 radical (unpaired) electrons. The van der Waals surface area contributed by atoms with Crippen molar-refractivity contribution >= 4 is 12.2 Å². The molecule has 1 aromatic heterocycles. The number of nitrogens with one attached hydrogen (secondary N) is 1. The zero-order valence-electron chi connectivity index (χ0n) is 9.59. The summed E-state index contributed by atoms with van der Waals surface area (Å²) in [6.45, 7) is 8.98. The molecule has 0 spiro atoms. The van der Waals surface area contributed by atoms with E-state index in [1.165, 1.54) is 0 Å². The molecule has 3 nitrogen and oxygen atoms in total. The second kappa shape index (κ2) is 3.85. The number of hydrogen-bond acceptors (Lipinski definition) is 2. The minimum absolute atomic E-state index is 0.312. The summed E-state index contributed by atoms with van der Waals surface area (Å²) in [6, 6.07) is 0. The van der Waals surface area contributed by atoms with E-state index >= 15 is 0 Å². The normalized spacial score (nSPS) is 14.4. The zero-order chi connectivity index (χ0) is 10.9. The van der Waals surface area contributed by atoms with Crippen molar-refractivity contribution in [3.63, 3.8) is 0 Å². The van der Waals surface area contributed by atoms with E-state index in [9.17, 15) is 0 Å². The van der Waals surface area contributed by atoms with E-state index in [0.717, 1.165) is 12.2 Å². The van der Waals surface area contributed by atoms with E-state index in [1.807, 2.05) is 7.05 Å². The molecule has 0 amide bonds. The first-order valence-electron chi connectivity index (χ1n) is 4.92. The predicted molar refractivity (Wildman–Crippen MR) is 60.7 cm³/mol. The highest BCUT2D eigenvalue weighted by Crippen LogP contribution is 2.27. The van der Waals surface area contributed by atoms with Crippen LogP contribution >= 0.6 is 12.2 Å². The second-order valence-corrected chi connectivity index (χ2v) is 5.35. The fourth-order valence-corrected chi connectivity index (χ4v) is 1.30. The monoisotopic (exact) mass is 213 g/mol. The van der Waals surface area contributed by atoms with Crippen molar-refractivity contribution in [3.05, 3.63) is 10.6 Å².